The highest BCUT2D eigenvalue weighted by atomic mass is 32.1. The molecule has 1 aromatic carbocycles. The number of rotatable bonds is 3. The number of piperidine rings is 1. The van der Waals surface area contributed by atoms with Crippen molar-refractivity contribution < 1.29 is 9.59 Å². The quantitative estimate of drug-likeness (QED) is 0.626. The summed E-state index contributed by atoms with van der Waals surface area (Å²) in [5.41, 5.74) is 1.07. The average Bonchev–Trinajstić information content (AvgIpc) is 3.53. The fourth-order valence-corrected chi connectivity index (χ4v) is 6.25. The standard InChI is InChI=1S/C22H23N3O2S2/c26-21(17-6-3-11-25(17)22(27)19-8-4-14-28-19)24-12-9-15(10-13-24)20-23-16-5-1-2-7-18(16)29-20/h1-2,4-5,7-8,14-15,17H,3,6,9-13H2/t17-/m1/s1. The van der Waals surface area contributed by atoms with Gasteiger partial charge in [0.25, 0.3) is 5.91 Å². The fourth-order valence-electron chi connectivity index (χ4n) is 4.43. The Kier molecular flexibility index (Phi) is 5.09. The molecule has 2 fully saturated rings. The normalized spacial score (nSPS) is 20.5. The number of hydrogen-bond donors (Lipinski definition) is 0. The van der Waals surface area contributed by atoms with Gasteiger partial charge < -0.3 is 9.80 Å². The molecule has 0 spiro atoms. The van der Waals surface area contributed by atoms with E-state index in [1.165, 1.54) is 21.0 Å². The maximum absolute atomic E-state index is 13.2. The number of fused-ring (bicyclic) bond motifs is 1. The van der Waals surface area contributed by atoms with Crippen LogP contribution < -0.4 is 0 Å². The summed E-state index contributed by atoms with van der Waals surface area (Å²) < 4.78 is 1.23. The van der Waals surface area contributed by atoms with Gasteiger partial charge in [0, 0.05) is 25.6 Å². The second-order valence-corrected chi connectivity index (χ2v) is 9.76. The van der Waals surface area contributed by atoms with Gasteiger partial charge in [-0.05, 0) is 49.3 Å². The van der Waals surface area contributed by atoms with Crippen molar-refractivity contribution in [2.45, 2.75) is 37.6 Å². The number of aromatic nitrogens is 1. The maximum atomic E-state index is 13.2. The summed E-state index contributed by atoms with van der Waals surface area (Å²) in [6.45, 7) is 2.17. The van der Waals surface area contributed by atoms with Crippen molar-refractivity contribution in [2.24, 2.45) is 0 Å². The predicted molar refractivity (Wildman–Crippen MR) is 117 cm³/mol. The largest absolute Gasteiger partial charge is 0.341 e. The average molecular weight is 426 g/mol. The van der Waals surface area contributed by atoms with E-state index in [1.54, 1.807) is 16.2 Å². The minimum Gasteiger partial charge on any atom is -0.341 e. The van der Waals surface area contributed by atoms with Gasteiger partial charge in [0.2, 0.25) is 5.91 Å². The summed E-state index contributed by atoms with van der Waals surface area (Å²) in [7, 11) is 0. The summed E-state index contributed by atoms with van der Waals surface area (Å²) in [4.78, 5) is 35.3. The molecule has 7 heteroatoms. The highest BCUT2D eigenvalue weighted by Gasteiger charge is 2.38. The minimum absolute atomic E-state index is 0.000196. The van der Waals surface area contributed by atoms with Crippen LogP contribution in [0.5, 0.6) is 0 Å². The van der Waals surface area contributed by atoms with Gasteiger partial charge in [0.15, 0.2) is 0 Å². The lowest BCUT2D eigenvalue weighted by molar-refractivity contribution is -0.136. The number of carbonyl (C=O) groups is 2. The molecule has 2 amide bonds. The van der Waals surface area contributed by atoms with Gasteiger partial charge in [-0.25, -0.2) is 4.98 Å². The van der Waals surface area contributed by atoms with Gasteiger partial charge in [-0.15, -0.1) is 22.7 Å². The second-order valence-electron chi connectivity index (χ2n) is 7.75. The lowest BCUT2D eigenvalue weighted by atomic mass is 9.97. The van der Waals surface area contributed by atoms with Crippen LogP contribution >= 0.6 is 22.7 Å². The van der Waals surface area contributed by atoms with E-state index in [0.717, 1.165) is 49.2 Å². The molecule has 0 aliphatic carbocycles. The lowest BCUT2D eigenvalue weighted by Gasteiger charge is -2.35. The van der Waals surface area contributed by atoms with Crippen LogP contribution in [-0.4, -0.2) is 52.3 Å². The Morgan fingerprint density at radius 3 is 2.59 bits per heavy atom. The van der Waals surface area contributed by atoms with Crippen LogP contribution in [0.2, 0.25) is 0 Å². The van der Waals surface area contributed by atoms with Crippen LogP contribution in [0.25, 0.3) is 10.2 Å². The topological polar surface area (TPSA) is 53.5 Å². The van der Waals surface area contributed by atoms with Crippen molar-refractivity contribution in [1.82, 2.24) is 14.8 Å². The molecule has 4 heterocycles. The Morgan fingerprint density at radius 2 is 1.83 bits per heavy atom. The van der Waals surface area contributed by atoms with Crippen LogP contribution in [0.1, 0.15) is 46.3 Å². The SMILES string of the molecule is O=C([C@H]1CCCN1C(=O)c1cccs1)N1CCC(c2nc3ccccc3s2)CC1. The monoisotopic (exact) mass is 425 g/mol. The third-order valence-corrected chi connectivity index (χ3v) is 8.05. The molecule has 0 radical (unpaired) electrons. The zero-order chi connectivity index (χ0) is 19.8. The first kappa shape index (κ1) is 18.8. The van der Waals surface area contributed by atoms with E-state index in [0.29, 0.717) is 12.5 Å². The summed E-state index contributed by atoms with van der Waals surface area (Å²) in [5.74, 6) is 0.541. The van der Waals surface area contributed by atoms with Crippen molar-refractivity contribution in [3.05, 3.63) is 51.7 Å². The summed E-state index contributed by atoms with van der Waals surface area (Å²) in [5, 5.41) is 3.10. The van der Waals surface area contributed by atoms with E-state index in [2.05, 4.69) is 18.2 Å². The summed E-state index contributed by atoms with van der Waals surface area (Å²) in [6, 6.07) is 11.7. The first-order valence-corrected chi connectivity index (χ1v) is 11.9. The Morgan fingerprint density at radius 1 is 1.00 bits per heavy atom. The van der Waals surface area contributed by atoms with Gasteiger partial charge in [-0.2, -0.15) is 0 Å². The van der Waals surface area contributed by atoms with Crippen LogP contribution in [0.4, 0.5) is 0 Å². The maximum Gasteiger partial charge on any atom is 0.264 e. The van der Waals surface area contributed by atoms with Crippen molar-refractivity contribution >= 4 is 44.7 Å². The lowest BCUT2D eigenvalue weighted by Crippen LogP contribution is -2.49. The number of para-hydroxylation sites is 1. The first-order valence-electron chi connectivity index (χ1n) is 10.2. The zero-order valence-electron chi connectivity index (χ0n) is 16.1. The van der Waals surface area contributed by atoms with Gasteiger partial charge in [-0.3, -0.25) is 9.59 Å². The molecule has 2 aliphatic heterocycles. The summed E-state index contributed by atoms with van der Waals surface area (Å²) >= 11 is 3.22. The molecule has 5 rings (SSSR count). The van der Waals surface area contributed by atoms with Gasteiger partial charge in [-0.1, -0.05) is 18.2 Å². The van der Waals surface area contributed by atoms with Crippen LogP contribution in [0.3, 0.4) is 0 Å². The molecular weight excluding hydrogens is 402 g/mol. The molecule has 2 aromatic heterocycles. The van der Waals surface area contributed by atoms with E-state index in [9.17, 15) is 9.59 Å². The number of benzene rings is 1. The molecule has 0 unspecified atom stereocenters. The van der Waals surface area contributed by atoms with Gasteiger partial charge in [0.1, 0.15) is 6.04 Å². The molecule has 1 atom stereocenters. The number of carbonyl (C=O) groups excluding carboxylic acids is 2. The Balaban J connectivity index is 1.24. The van der Waals surface area contributed by atoms with E-state index in [4.69, 9.17) is 4.98 Å². The Bertz CT molecular complexity index is 989. The van der Waals surface area contributed by atoms with Gasteiger partial charge >= 0.3 is 0 Å². The van der Waals surface area contributed by atoms with Crippen LogP contribution in [0.15, 0.2) is 41.8 Å². The molecule has 0 N–H and O–H groups in total. The second kappa shape index (κ2) is 7.88. The van der Waals surface area contributed by atoms with Crippen molar-refractivity contribution in [3.63, 3.8) is 0 Å². The highest BCUT2D eigenvalue weighted by molar-refractivity contribution is 7.18. The molecular formula is C22H23N3O2S2. The Hall–Kier alpha value is -2.25. The van der Waals surface area contributed by atoms with Crippen LogP contribution in [-0.2, 0) is 4.79 Å². The van der Waals surface area contributed by atoms with E-state index < -0.39 is 0 Å². The number of hydrogen-bond acceptors (Lipinski definition) is 5. The number of likely N-dealkylation sites (tertiary alicyclic amines) is 2. The van der Waals surface area contributed by atoms with Crippen molar-refractivity contribution in [2.75, 3.05) is 19.6 Å². The molecule has 2 aliphatic rings. The molecule has 3 aromatic rings. The third kappa shape index (κ3) is 3.57. The van der Waals surface area contributed by atoms with Crippen LogP contribution in [0, 0.1) is 0 Å². The molecule has 5 nitrogen and oxygen atoms in total. The molecule has 0 bridgehead atoms. The zero-order valence-corrected chi connectivity index (χ0v) is 17.8. The van der Waals surface area contributed by atoms with E-state index in [1.807, 2.05) is 28.5 Å². The molecule has 2 saturated heterocycles. The van der Waals surface area contributed by atoms with Crippen molar-refractivity contribution in [3.8, 4) is 0 Å². The number of thiazole rings is 1. The molecule has 0 saturated carbocycles. The van der Waals surface area contributed by atoms with E-state index in [-0.39, 0.29) is 17.9 Å². The van der Waals surface area contributed by atoms with Crippen molar-refractivity contribution in [1.29, 1.82) is 0 Å². The van der Waals surface area contributed by atoms with E-state index >= 15 is 0 Å². The minimum atomic E-state index is -0.302. The fraction of sp³-hybridized carbons (Fsp3) is 0.409. The molecule has 150 valence electrons. The number of thiophene rings is 1. The first-order chi connectivity index (χ1) is 14.2. The third-order valence-electron chi connectivity index (χ3n) is 6.00. The van der Waals surface area contributed by atoms with Gasteiger partial charge in [0.05, 0.1) is 20.1 Å². The highest BCUT2D eigenvalue weighted by Crippen LogP contribution is 2.34. The smallest absolute Gasteiger partial charge is 0.264 e. The predicted octanol–water partition coefficient (Wildman–Crippen LogP) is 4.37. The number of nitrogens with zero attached hydrogens (tertiary/aromatic N) is 3. The molecule has 29 heavy (non-hydrogen) atoms. The summed E-state index contributed by atoms with van der Waals surface area (Å²) in [6.07, 6.45) is 3.55. The number of amides is 2. The Labute approximate surface area is 178 Å².